The molecule has 5 nitrogen and oxygen atoms in total. The van der Waals surface area contributed by atoms with E-state index in [2.05, 4.69) is 5.32 Å². The first-order valence-electron chi connectivity index (χ1n) is 9.64. The van der Waals surface area contributed by atoms with Crippen LogP contribution in [0.25, 0.3) is 0 Å². The number of benzene rings is 2. The molecule has 0 atom stereocenters. The minimum atomic E-state index is -3.53. The van der Waals surface area contributed by atoms with Crippen LogP contribution in [0, 0.1) is 33.6 Å². The monoisotopic (exact) mass is 400 g/mol. The first-order chi connectivity index (χ1) is 13.2. The third-order valence-electron chi connectivity index (χ3n) is 5.42. The quantitative estimate of drug-likeness (QED) is 0.845. The van der Waals surface area contributed by atoms with Gasteiger partial charge in [0.25, 0.3) is 0 Å². The van der Waals surface area contributed by atoms with Gasteiger partial charge in [-0.2, -0.15) is 4.31 Å². The molecule has 6 heteroatoms. The molecule has 2 aromatic carbocycles. The Bertz CT molecular complexity index is 991. The fraction of sp³-hybridized carbons (Fsp3) is 0.409. The van der Waals surface area contributed by atoms with E-state index in [0.29, 0.717) is 30.8 Å². The molecule has 150 valence electrons. The molecule has 1 heterocycles. The molecule has 0 unspecified atom stereocenters. The predicted molar refractivity (Wildman–Crippen MR) is 112 cm³/mol. The predicted octanol–water partition coefficient (Wildman–Crippen LogP) is 3.96. The first kappa shape index (κ1) is 20.6. The van der Waals surface area contributed by atoms with Gasteiger partial charge in [0.2, 0.25) is 15.9 Å². The second-order valence-electron chi connectivity index (χ2n) is 7.75. The average Bonchev–Trinajstić information content (AvgIpc) is 2.64. The lowest BCUT2D eigenvalue weighted by Crippen LogP contribution is -2.41. The zero-order valence-electron chi connectivity index (χ0n) is 17.0. The van der Waals surface area contributed by atoms with E-state index in [9.17, 15) is 13.2 Å². The highest BCUT2D eigenvalue weighted by Crippen LogP contribution is 2.27. The van der Waals surface area contributed by atoms with Crippen molar-refractivity contribution in [2.24, 2.45) is 5.92 Å². The summed E-state index contributed by atoms with van der Waals surface area (Å²) in [6.45, 7) is 8.45. The number of nitrogens with zero attached hydrogens (tertiary/aromatic N) is 1. The van der Waals surface area contributed by atoms with Gasteiger partial charge in [0, 0.05) is 24.7 Å². The maximum atomic E-state index is 13.0. The number of carbonyl (C=O) groups excluding carboxylic acids is 1. The highest BCUT2D eigenvalue weighted by molar-refractivity contribution is 7.89. The molecule has 1 N–H and O–H groups in total. The van der Waals surface area contributed by atoms with Crippen LogP contribution >= 0.6 is 0 Å². The molecule has 1 aliphatic heterocycles. The lowest BCUT2D eigenvalue weighted by Gasteiger charge is -2.31. The minimum absolute atomic E-state index is 0.0303. The fourth-order valence-electron chi connectivity index (χ4n) is 3.69. The van der Waals surface area contributed by atoms with E-state index >= 15 is 0 Å². The molecule has 1 fully saturated rings. The smallest absolute Gasteiger partial charge is 0.243 e. The number of sulfonamides is 1. The van der Waals surface area contributed by atoms with Gasteiger partial charge in [-0.1, -0.05) is 29.8 Å². The molecule has 1 amide bonds. The number of rotatable bonds is 4. The number of aryl methyl sites for hydroxylation is 4. The first-order valence-corrected chi connectivity index (χ1v) is 11.1. The second-order valence-corrected chi connectivity index (χ2v) is 9.66. The highest BCUT2D eigenvalue weighted by Gasteiger charge is 2.32. The van der Waals surface area contributed by atoms with Gasteiger partial charge in [-0.25, -0.2) is 8.42 Å². The van der Waals surface area contributed by atoms with Crippen LogP contribution in [0.4, 0.5) is 5.69 Å². The molecule has 0 bridgehead atoms. The Morgan fingerprint density at radius 3 is 2.18 bits per heavy atom. The van der Waals surface area contributed by atoms with Crippen LogP contribution < -0.4 is 5.32 Å². The molecular formula is C22H28N2O3S. The third-order valence-corrected chi connectivity index (χ3v) is 7.48. The van der Waals surface area contributed by atoms with Gasteiger partial charge in [0.15, 0.2) is 0 Å². The summed E-state index contributed by atoms with van der Waals surface area (Å²) in [6, 6.07) is 11.4. The van der Waals surface area contributed by atoms with E-state index in [-0.39, 0.29) is 11.8 Å². The molecule has 3 rings (SSSR count). The molecule has 2 aromatic rings. The highest BCUT2D eigenvalue weighted by atomic mass is 32.2. The van der Waals surface area contributed by atoms with E-state index in [1.807, 2.05) is 58.0 Å². The van der Waals surface area contributed by atoms with Crippen LogP contribution in [0.1, 0.15) is 35.1 Å². The zero-order valence-corrected chi connectivity index (χ0v) is 17.8. The number of hydrogen-bond acceptors (Lipinski definition) is 3. The summed E-state index contributed by atoms with van der Waals surface area (Å²) in [4.78, 5) is 13.0. The van der Waals surface area contributed by atoms with Crippen molar-refractivity contribution in [1.29, 1.82) is 0 Å². The van der Waals surface area contributed by atoms with Gasteiger partial charge in [0.1, 0.15) is 0 Å². The zero-order chi connectivity index (χ0) is 20.5. The summed E-state index contributed by atoms with van der Waals surface area (Å²) >= 11 is 0. The van der Waals surface area contributed by atoms with Crippen molar-refractivity contribution in [1.82, 2.24) is 4.31 Å². The van der Waals surface area contributed by atoms with Crippen LogP contribution in [-0.4, -0.2) is 31.7 Å². The summed E-state index contributed by atoms with van der Waals surface area (Å²) in [5, 5.41) is 3.01. The van der Waals surface area contributed by atoms with Crippen molar-refractivity contribution in [2.45, 2.75) is 45.4 Å². The topological polar surface area (TPSA) is 66.5 Å². The summed E-state index contributed by atoms with van der Waals surface area (Å²) in [6.07, 6.45) is 1.06. The lowest BCUT2D eigenvalue weighted by atomic mass is 9.97. The maximum absolute atomic E-state index is 13.0. The summed E-state index contributed by atoms with van der Waals surface area (Å²) in [7, 11) is -3.53. The summed E-state index contributed by atoms with van der Waals surface area (Å²) in [5.74, 6) is -0.206. The van der Waals surface area contributed by atoms with Crippen LogP contribution in [0.2, 0.25) is 0 Å². The van der Waals surface area contributed by atoms with Crippen molar-refractivity contribution >= 4 is 21.6 Å². The number of carbonyl (C=O) groups is 1. The Kier molecular flexibility index (Phi) is 5.91. The van der Waals surface area contributed by atoms with E-state index in [4.69, 9.17) is 0 Å². The molecule has 0 aliphatic carbocycles. The molecule has 0 radical (unpaired) electrons. The molecule has 1 aliphatic rings. The second kappa shape index (κ2) is 8.05. The van der Waals surface area contributed by atoms with Crippen LogP contribution in [0.5, 0.6) is 0 Å². The van der Waals surface area contributed by atoms with E-state index in [1.165, 1.54) is 4.31 Å². The molecule has 0 saturated carbocycles. The van der Waals surface area contributed by atoms with Crippen LogP contribution in [0.3, 0.4) is 0 Å². The third kappa shape index (κ3) is 4.28. The normalized spacial score (nSPS) is 16.1. The van der Waals surface area contributed by atoms with Crippen molar-refractivity contribution in [3.8, 4) is 0 Å². The van der Waals surface area contributed by atoms with Crippen LogP contribution in [0.15, 0.2) is 41.3 Å². The fourth-order valence-corrected chi connectivity index (χ4v) is 5.37. The number of nitrogens with one attached hydrogen (secondary N) is 1. The van der Waals surface area contributed by atoms with Crippen LogP contribution in [-0.2, 0) is 14.8 Å². The van der Waals surface area contributed by atoms with Gasteiger partial charge in [-0.3, -0.25) is 4.79 Å². The lowest BCUT2D eigenvalue weighted by molar-refractivity contribution is -0.120. The SMILES string of the molecule is Cc1ccc(S(=O)(=O)N2CCC(C(=O)Nc3cc(C)ccc3C)CC2)c(C)c1. The standard InChI is InChI=1S/C22H28N2O3S/c1-15-6-8-21(18(4)13-15)28(26,27)24-11-9-19(10-12-24)22(25)23-20-14-16(2)5-7-17(20)3/h5-8,13-14,19H,9-12H2,1-4H3,(H,23,25). The van der Waals surface area contributed by atoms with Gasteiger partial charge in [-0.15, -0.1) is 0 Å². The largest absolute Gasteiger partial charge is 0.326 e. The Morgan fingerprint density at radius 1 is 0.929 bits per heavy atom. The Morgan fingerprint density at radius 2 is 1.54 bits per heavy atom. The average molecular weight is 401 g/mol. The summed E-state index contributed by atoms with van der Waals surface area (Å²) < 4.78 is 27.5. The Balaban J connectivity index is 1.66. The number of anilines is 1. The Hall–Kier alpha value is -2.18. The van der Waals surface area contributed by atoms with Crippen molar-refractivity contribution in [3.05, 3.63) is 58.7 Å². The van der Waals surface area contributed by atoms with E-state index in [1.54, 1.807) is 6.07 Å². The number of piperidine rings is 1. The van der Waals surface area contributed by atoms with E-state index in [0.717, 1.165) is 27.9 Å². The molecule has 0 spiro atoms. The summed E-state index contributed by atoms with van der Waals surface area (Å²) in [5.41, 5.74) is 4.74. The molecular weight excluding hydrogens is 372 g/mol. The number of amides is 1. The number of hydrogen-bond donors (Lipinski definition) is 1. The van der Waals surface area contributed by atoms with Crippen molar-refractivity contribution < 1.29 is 13.2 Å². The molecule has 0 aromatic heterocycles. The Labute approximate surface area is 167 Å². The molecule has 1 saturated heterocycles. The van der Waals surface area contributed by atoms with Gasteiger partial charge in [-0.05, 0) is 69.4 Å². The maximum Gasteiger partial charge on any atom is 0.243 e. The van der Waals surface area contributed by atoms with E-state index < -0.39 is 10.0 Å². The van der Waals surface area contributed by atoms with Gasteiger partial charge >= 0.3 is 0 Å². The van der Waals surface area contributed by atoms with Gasteiger partial charge in [0.05, 0.1) is 4.90 Å². The van der Waals surface area contributed by atoms with Crippen molar-refractivity contribution in [2.75, 3.05) is 18.4 Å². The minimum Gasteiger partial charge on any atom is -0.326 e. The molecule has 28 heavy (non-hydrogen) atoms. The van der Waals surface area contributed by atoms with Gasteiger partial charge < -0.3 is 5.32 Å². The van der Waals surface area contributed by atoms with Crippen molar-refractivity contribution in [3.63, 3.8) is 0 Å².